The lowest BCUT2D eigenvalue weighted by molar-refractivity contribution is -0.152. The standard InChI is InChI=1S/C25H54N3O4PS/c1-12-26(13-2)16-15-24(29)34-18-17-31-25(30-14-3)19-32-33(27(20(4)5)21(6)7)28(22(8)9)23(10)11/h20-23,25H,12-19H2,1-11H3. The van der Waals surface area contributed by atoms with E-state index in [9.17, 15) is 4.79 Å². The van der Waals surface area contributed by atoms with Gasteiger partial charge in [0.1, 0.15) is 6.61 Å². The molecule has 0 saturated heterocycles. The van der Waals surface area contributed by atoms with Crippen LogP contribution in [0.2, 0.25) is 0 Å². The van der Waals surface area contributed by atoms with E-state index in [-0.39, 0.29) is 5.12 Å². The maximum absolute atomic E-state index is 12.2. The van der Waals surface area contributed by atoms with E-state index in [4.69, 9.17) is 14.0 Å². The maximum atomic E-state index is 12.2. The molecule has 0 aliphatic carbocycles. The second-order valence-corrected chi connectivity index (χ2v) is 12.3. The summed E-state index contributed by atoms with van der Waals surface area (Å²) in [5.41, 5.74) is 0. The van der Waals surface area contributed by atoms with Crippen molar-refractivity contribution in [2.75, 3.05) is 45.2 Å². The number of thioether (sulfide) groups is 1. The van der Waals surface area contributed by atoms with Gasteiger partial charge in [-0.25, -0.2) is 9.34 Å². The topological polar surface area (TPSA) is 54.5 Å². The molecule has 0 spiro atoms. The van der Waals surface area contributed by atoms with Crippen molar-refractivity contribution >= 4 is 25.3 Å². The van der Waals surface area contributed by atoms with Gasteiger partial charge in [0.25, 0.3) is 0 Å². The van der Waals surface area contributed by atoms with Gasteiger partial charge in [0.15, 0.2) is 19.9 Å². The third kappa shape index (κ3) is 13.5. The molecule has 9 heteroatoms. The van der Waals surface area contributed by atoms with Crippen LogP contribution in [0.15, 0.2) is 0 Å². The first kappa shape index (κ1) is 34.2. The van der Waals surface area contributed by atoms with Crippen LogP contribution in [0.1, 0.15) is 82.6 Å². The fraction of sp³-hybridized carbons (Fsp3) is 0.960. The Kier molecular flexibility index (Phi) is 19.5. The summed E-state index contributed by atoms with van der Waals surface area (Å²) in [7, 11) is -0.990. The molecule has 0 rings (SSSR count). The normalized spacial score (nSPS) is 13.7. The second-order valence-electron chi connectivity index (χ2n) is 9.44. The third-order valence-corrected chi connectivity index (χ3v) is 9.28. The van der Waals surface area contributed by atoms with E-state index >= 15 is 0 Å². The lowest BCUT2D eigenvalue weighted by atomic mass is 10.3. The zero-order valence-corrected chi connectivity index (χ0v) is 25.6. The summed E-state index contributed by atoms with van der Waals surface area (Å²) in [4.78, 5) is 14.5. The van der Waals surface area contributed by atoms with Gasteiger partial charge >= 0.3 is 0 Å². The summed E-state index contributed by atoms with van der Waals surface area (Å²) in [5, 5.41) is 0.220. The number of nitrogens with zero attached hydrogens (tertiary/aromatic N) is 3. The minimum absolute atomic E-state index is 0.220. The van der Waals surface area contributed by atoms with E-state index < -0.39 is 14.7 Å². The van der Waals surface area contributed by atoms with Crippen LogP contribution in [-0.4, -0.2) is 95.0 Å². The zero-order valence-electron chi connectivity index (χ0n) is 23.9. The fourth-order valence-corrected chi connectivity index (χ4v) is 6.87. The molecule has 0 bridgehead atoms. The van der Waals surface area contributed by atoms with Gasteiger partial charge < -0.3 is 18.9 Å². The average molecular weight is 524 g/mol. The van der Waals surface area contributed by atoms with Gasteiger partial charge in [0.2, 0.25) is 0 Å². The molecule has 0 aromatic rings. The van der Waals surface area contributed by atoms with Crippen LogP contribution < -0.4 is 0 Å². The first-order chi connectivity index (χ1) is 16.0. The predicted molar refractivity (Wildman–Crippen MR) is 148 cm³/mol. The largest absolute Gasteiger partial charge is 0.351 e. The van der Waals surface area contributed by atoms with Crippen LogP contribution in [0, 0.1) is 0 Å². The summed E-state index contributed by atoms with van der Waals surface area (Å²) in [6, 6.07) is 1.43. The summed E-state index contributed by atoms with van der Waals surface area (Å²) in [6.45, 7) is 28.2. The molecule has 0 aliphatic rings. The highest BCUT2D eigenvalue weighted by Crippen LogP contribution is 2.50. The Labute approximate surface area is 216 Å². The molecule has 0 radical (unpaired) electrons. The van der Waals surface area contributed by atoms with Gasteiger partial charge in [-0.1, -0.05) is 25.6 Å². The van der Waals surface area contributed by atoms with Crippen molar-refractivity contribution in [2.45, 2.75) is 113 Å². The molecule has 1 atom stereocenters. The highest BCUT2D eigenvalue weighted by molar-refractivity contribution is 8.13. The molecule has 0 heterocycles. The maximum Gasteiger partial charge on any atom is 0.190 e. The Morgan fingerprint density at radius 1 is 0.824 bits per heavy atom. The van der Waals surface area contributed by atoms with Gasteiger partial charge in [-0.15, -0.1) is 0 Å². The van der Waals surface area contributed by atoms with Crippen molar-refractivity contribution in [3.8, 4) is 0 Å². The van der Waals surface area contributed by atoms with Crippen LogP contribution in [-0.2, 0) is 18.8 Å². The minimum atomic E-state index is -0.990. The van der Waals surface area contributed by atoms with E-state index in [1.807, 2.05) is 6.92 Å². The first-order valence-corrected chi connectivity index (χ1v) is 15.3. The zero-order chi connectivity index (χ0) is 26.3. The summed E-state index contributed by atoms with van der Waals surface area (Å²) in [6.07, 6.45) is 0.137. The van der Waals surface area contributed by atoms with Crippen molar-refractivity contribution < 1.29 is 18.8 Å². The third-order valence-electron chi connectivity index (χ3n) is 5.37. The minimum Gasteiger partial charge on any atom is -0.351 e. The van der Waals surface area contributed by atoms with Crippen LogP contribution in [0.25, 0.3) is 0 Å². The van der Waals surface area contributed by atoms with E-state index in [1.165, 1.54) is 11.8 Å². The quantitative estimate of drug-likeness (QED) is 0.112. The van der Waals surface area contributed by atoms with Gasteiger partial charge in [0.05, 0.1) is 6.61 Å². The molecule has 7 nitrogen and oxygen atoms in total. The number of carbonyl (C=O) groups excluding carboxylic acids is 1. The van der Waals surface area contributed by atoms with Crippen molar-refractivity contribution in [3.05, 3.63) is 0 Å². The Balaban J connectivity index is 4.97. The van der Waals surface area contributed by atoms with Crippen molar-refractivity contribution in [1.82, 2.24) is 14.2 Å². The van der Waals surface area contributed by atoms with Crippen molar-refractivity contribution in [2.24, 2.45) is 0 Å². The average Bonchev–Trinajstić information content (AvgIpc) is 2.74. The Hall–Kier alpha value is 0.210. The molecule has 0 amide bonds. The lowest BCUT2D eigenvalue weighted by Gasteiger charge is -2.45. The molecule has 1 unspecified atom stereocenters. The first-order valence-electron chi connectivity index (χ1n) is 13.1. The highest BCUT2D eigenvalue weighted by Gasteiger charge is 2.35. The van der Waals surface area contributed by atoms with Crippen molar-refractivity contribution in [3.63, 3.8) is 0 Å². The van der Waals surface area contributed by atoms with E-state index in [2.05, 4.69) is 83.5 Å². The second kappa shape index (κ2) is 19.3. The summed E-state index contributed by atoms with van der Waals surface area (Å²) >= 11 is 1.35. The van der Waals surface area contributed by atoms with Gasteiger partial charge in [0, 0.05) is 49.5 Å². The van der Waals surface area contributed by atoms with Gasteiger partial charge in [-0.05, 0) is 75.4 Å². The van der Waals surface area contributed by atoms with Crippen LogP contribution >= 0.6 is 20.2 Å². The Morgan fingerprint density at radius 2 is 1.32 bits per heavy atom. The Morgan fingerprint density at radius 3 is 1.74 bits per heavy atom. The Bertz CT molecular complexity index is 486. The van der Waals surface area contributed by atoms with E-state index in [0.717, 1.165) is 19.6 Å². The molecule has 0 N–H and O–H groups in total. The smallest absolute Gasteiger partial charge is 0.190 e. The SMILES string of the molecule is CCOC(COP(N(C(C)C)C(C)C)N(C(C)C)C(C)C)OCCSC(=O)CCN(CC)CC. The number of hydrogen-bond acceptors (Lipinski definition) is 8. The molecule has 0 aromatic carbocycles. The molecule has 0 aromatic heterocycles. The predicted octanol–water partition coefficient (Wildman–Crippen LogP) is 5.84. The van der Waals surface area contributed by atoms with E-state index in [0.29, 0.717) is 56.2 Å². The molecular weight excluding hydrogens is 469 g/mol. The molecule has 34 heavy (non-hydrogen) atoms. The molecular formula is C25H54N3O4PS. The highest BCUT2D eigenvalue weighted by atomic mass is 32.2. The van der Waals surface area contributed by atoms with Crippen LogP contribution in [0.3, 0.4) is 0 Å². The lowest BCUT2D eigenvalue weighted by Crippen LogP contribution is -2.44. The molecule has 0 saturated carbocycles. The molecule has 204 valence electrons. The summed E-state index contributed by atoms with van der Waals surface area (Å²) in [5.74, 6) is 0.629. The summed E-state index contributed by atoms with van der Waals surface area (Å²) < 4.78 is 23.3. The van der Waals surface area contributed by atoms with Crippen LogP contribution in [0.5, 0.6) is 0 Å². The van der Waals surface area contributed by atoms with Gasteiger partial charge in [-0.3, -0.25) is 4.79 Å². The fourth-order valence-electron chi connectivity index (χ4n) is 3.89. The van der Waals surface area contributed by atoms with Crippen molar-refractivity contribution in [1.29, 1.82) is 0 Å². The van der Waals surface area contributed by atoms with E-state index in [1.54, 1.807) is 0 Å². The number of ether oxygens (including phenoxy) is 2. The number of rotatable bonds is 20. The molecule has 0 aliphatic heterocycles. The van der Waals surface area contributed by atoms with Crippen LogP contribution in [0.4, 0.5) is 0 Å². The molecule has 0 fully saturated rings. The monoisotopic (exact) mass is 523 g/mol. The number of hydrogen-bond donors (Lipinski definition) is 0. The number of carbonyl (C=O) groups is 1. The van der Waals surface area contributed by atoms with Gasteiger partial charge in [-0.2, -0.15) is 0 Å².